The maximum Gasteiger partial charge on any atom is 0.258 e. The molecule has 0 fully saturated rings. The molecule has 4 aromatic rings. The van der Waals surface area contributed by atoms with Crippen molar-refractivity contribution in [2.24, 2.45) is 4.99 Å². The Hall–Kier alpha value is -4.26. The number of carbonyl (C=O) groups is 1. The third kappa shape index (κ3) is 6.30. The number of carbonyl (C=O) groups excluding carboxylic acids is 1. The Labute approximate surface area is 217 Å². The van der Waals surface area contributed by atoms with E-state index in [2.05, 4.69) is 40.7 Å². The first-order valence-electron chi connectivity index (χ1n) is 12.6. The molecule has 192 valence electrons. The van der Waals surface area contributed by atoms with Crippen LogP contribution in [0.5, 0.6) is 11.5 Å². The fourth-order valence-electron chi connectivity index (χ4n) is 4.12. The van der Waals surface area contributed by atoms with Crippen molar-refractivity contribution in [2.75, 3.05) is 25.1 Å². The average Bonchev–Trinajstić information content (AvgIpc) is 3.31. The fourth-order valence-corrected chi connectivity index (χ4v) is 4.12. The van der Waals surface area contributed by atoms with Crippen molar-refractivity contribution in [1.82, 2.24) is 10.3 Å². The summed E-state index contributed by atoms with van der Waals surface area (Å²) in [6, 6.07) is 19.4. The summed E-state index contributed by atoms with van der Waals surface area (Å²) in [5, 5.41) is 7.48. The minimum absolute atomic E-state index is 0.285. The van der Waals surface area contributed by atoms with Gasteiger partial charge in [0.1, 0.15) is 0 Å². The number of nitrogens with one attached hydrogen (secondary N) is 3. The van der Waals surface area contributed by atoms with Gasteiger partial charge in [-0.1, -0.05) is 30.3 Å². The van der Waals surface area contributed by atoms with Crippen LogP contribution in [0.15, 0.2) is 71.9 Å². The molecule has 3 N–H and O–H groups in total. The van der Waals surface area contributed by atoms with Crippen molar-refractivity contribution < 1.29 is 14.3 Å². The Morgan fingerprint density at radius 2 is 1.73 bits per heavy atom. The zero-order valence-electron chi connectivity index (χ0n) is 21.9. The summed E-state index contributed by atoms with van der Waals surface area (Å²) in [6.07, 6.45) is 2.75. The number of aliphatic imine (C=N–C) groups is 1. The number of guanidine groups is 1. The molecule has 1 heterocycles. The van der Waals surface area contributed by atoms with E-state index in [0.717, 1.165) is 28.8 Å². The van der Waals surface area contributed by atoms with E-state index in [0.29, 0.717) is 42.8 Å². The predicted octanol–water partition coefficient (Wildman–Crippen LogP) is 6.02. The van der Waals surface area contributed by atoms with Crippen LogP contribution in [0.3, 0.4) is 0 Å². The number of benzene rings is 3. The van der Waals surface area contributed by atoms with Gasteiger partial charge >= 0.3 is 0 Å². The number of rotatable bonds is 9. The van der Waals surface area contributed by atoms with E-state index in [1.54, 1.807) is 18.2 Å². The zero-order valence-corrected chi connectivity index (χ0v) is 21.9. The van der Waals surface area contributed by atoms with Gasteiger partial charge in [0.05, 0.1) is 13.2 Å². The molecule has 0 bridgehead atoms. The van der Waals surface area contributed by atoms with Crippen LogP contribution in [-0.4, -0.2) is 36.6 Å². The van der Waals surface area contributed by atoms with E-state index < -0.39 is 0 Å². The van der Waals surface area contributed by atoms with Crippen LogP contribution in [0, 0.1) is 13.8 Å². The molecule has 0 radical (unpaired) electrons. The third-order valence-corrected chi connectivity index (χ3v) is 6.22. The number of nitrogens with zero attached hydrogens (tertiary/aromatic N) is 1. The highest BCUT2D eigenvalue weighted by Crippen LogP contribution is 2.28. The highest BCUT2D eigenvalue weighted by atomic mass is 16.5. The first kappa shape index (κ1) is 25.8. The second-order valence-corrected chi connectivity index (χ2v) is 8.69. The molecule has 7 nitrogen and oxygen atoms in total. The van der Waals surface area contributed by atoms with E-state index in [-0.39, 0.29) is 5.91 Å². The molecule has 0 aliphatic heterocycles. The molecule has 0 saturated carbocycles. The molecule has 1 amide bonds. The predicted molar refractivity (Wildman–Crippen MR) is 150 cm³/mol. The van der Waals surface area contributed by atoms with E-state index in [4.69, 9.17) is 14.5 Å². The molecule has 0 saturated heterocycles. The van der Waals surface area contributed by atoms with Gasteiger partial charge in [0.15, 0.2) is 11.5 Å². The van der Waals surface area contributed by atoms with Crippen LogP contribution in [0.25, 0.3) is 10.9 Å². The zero-order chi connectivity index (χ0) is 26.2. The van der Waals surface area contributed by atoms with E-state index in [9.17, 15) is 4.79 Å². The molecule has 3 aromatic carbocycles. The number of H-pyrrole nitrogens is 1. The number of anilines is 1. The standard InChI is InChI=1S/C30H34N4O3/c1-5-36-27-15-14-22(18-28(27)37-6-2)29(35)34-30(33-25-13-9-10-20(3)21(25)4)31-17-16-23-19-32-26-12-8-7-11-24(23)26/h7-15,18-19,32H,5-6,16-17H2,1-4H3,(H2,31,33,34,35). The maximum absolute atomic E-state index is 13.3. The lowest BCUT2D eigenvalue weighted by atomic mass is 10.1. The molecule has 0 unspecified atom stereocenters. The van der Waals surface area contributed by atoms with Gasteiger partial charge in [-0.15, -0.1) is 0 Å². The number of ether oxygens (including phenoxy) is 2. The van der Waals surface area contributed by atoms with Crippen LogP contribution in [0.2, 0.25) is 0 Å². The number of hydrogen-bond acceptors (Lipinski definition) is 4. The Balaban J connectivity index is 1.56. The molecule has 7 heteroatoms. The minimum Gasteiger partial charge on any atom is -0.490 e. The van der Waals surface area contributed by atoms with Crippen LogP contribution < -0.4 is 20.1 Å². The van der Waals surface area contributed by atoms with Gasteiger partial charge in [0.25, 0.3) is 5.91 Å². The van der Waals surface area contributed by atoms with E-state index in [1.165, 1.54) is 10.9 Å². The molecular formula is C30H34N4O3. The second-order valence-electron chi connectivity index (χ2n) is 8.69. The lowest BCUT2D eigenvalue weighted by Crippen LogP contribution is -2.36. The molecule has 1 aromatic heterocycles. The fraction of sp³-hybridized carbons (Fsp3) is 0.267. The first-order valence-corrected chi connectivity index (χ1v) is 12.6. The van der Waals surface area contributed by atoms with E-state index >= 15 is 0 Å². The second kappa shape index (κ2) is 12.1. The van der Waals surface area contributed by atoms with Gasteiger partial charge in [-0.25, -0.2) is 0 Å². The van der Waals surface area contributed by atoms with Gasteiger partial charge < -0.3 is 19.8 Å². The normalized spacial score (nSPS) is 11.4. The SMILES string of the molecule is CCOc1ccc(C(=O)NC(=NCCc2c[nH]c3ccccc23)Nc2cccc(C)c2C)cc1OCC. The van der Waals surface area contributed by atoms with Crippen LogP contribution >= 0.6 is 0 Å². The summed E-state index contributed by atoms with van der Waals surface area (Å²) >= 11 is 0. The first-order chi connectivity index (χ1) is 18.0. The topological polar surface area (TPSA) is 87.7 Å². The molecule has 0 aliphatic carbocycles. The lowest BCUT2D eigenvalue weighted by Gasteiger charge is -2.16. The van der Waals surface area contributed by atoms with Gasteiger partial charge in [-0.2, -0.15) is 0 Å². The van der Waals surface area contributed by atoms with E-state index in [1.807, 2.05) is 51.2 Å². The van der Waals surface area contributed by atoms with Crippen molar-refractivity contribution in [3.8, 4) is 11.5 Å². The average molecular weight is 499 g/mol. The number of aromatic nitrogens is 1. The number of amides is 1. The Morgan fingerprint density at radius 1 is 0.946 bits per heavy atom. The van der Waals surface area contributed by atoms with Crippen LogP contribution in [0.1, 0.15) is 40.9 Å². The number of aromatic amines is 1. The Bertz CT molecular complexity index is 1410. The molecule has 37 heavy (non-hydrogen) atoms. The van der Waals surface area contributed by atoms with Crippen LogP contribution in [0.4, 0.5) is 5.69 Å². The summed E-state index contributed by atoms with van der Waals surface area (Å²) in [5.74, 6) is 1.26. The molecule has 0 spiro atoms. The Morgan fingerprint density at radius 3 is 2.54 bits per heavy atom. The van der Waals surface area contributed by atoms with Crippen molar-refractivity contribution >= 4 is 28.5 Å². The summed E-state index contributed by atoms with van der Waals surface area (Å²) < 4.78 is 11.3. The smallest absolute Gasteiger partial charge is 0.258 e. The molecule has 0 atom stereocenters. The highest BCUT2D eigenvalue weighted by Gasteiger charge is 2.15. The van der Waals surface area contributed by atoms with Crippen LogP contribution in [-0.2, 0) is 6.42 Å². The van der Waals surface area contributed by atoms with Crippen molar-refractivity contribution in [2.45, 2.75) is 34.1 Å². The summed E-state index contributed by atoms with van der Waals surface area (Å²) in [4.78, 5) is 21.3. The number of para-hydroxylation sites is 1. The summed E-state index contributed by atoms with van der Waals surface area (Å²) in [6.45, 7) is 9.40. The number of aryl methyl sites for hydroxylation is 1. The van der Waals surface area contributed by atoms with Crippen molar-refractivity contribution in [3.63, 3.8) is 0 Å². The minimum atomic E-state index is -0.285. The summed E-state index contributed by atoms with van der Waals surface area (Å²) in [7, 11) is 0. The largest absolute Gasteiger partial charge is 0.490 e. The lowest BCUT2D eigenvalue weighted by molar-refractivity contribution is 0.0976. The molecule has 4 rings (SSSR count). The maximum atomic E-state index is 13.3. The van der Waals surface area contributed by atoms with Gasteiger partial charge in [0, 0.05) is 34.9 Å². The Kier molecular flexibility index (Phi) is 8.46. The number of fused-ring (bicyclic) bond motifs is 1. The molecule has 0 aliphatic rings. The highest BCUT2D eigenvalue weighted by molar-refractivity contribution is 6.10. The van der Waals surface area contributed by atoms with Gasteiger partial charge in [-0.3, -0.25) is 15.1 Å². The quantitative estimate of drug-likeness (QED) is 0.194. The number of hydrogen-bond donors (Lipinski definition) is 3. The van der Waals surface area contributed by atoms with Crippen molar-refractivity contribution in [1.29, 1.82) is 0 Å². The van der Waals surface area contributed by atoms with Crippen molar-refractivity contribution in [3.05, 3.63) is 89.1 Å². The van der Waals surface area contributed by atoms with Gasteiger partial charge in [-0.05, 0) is 81.1 Å². The molecular weight excluding hydrogens is 464 g/mol. The van der Waals surface area contributed by atoms with Gasteiger partial charge in [0.2, 0.25) is 5.96 Å². The monoisotopic (exact) mass is 498 g/mol. The summed E-state index contributed by atoms with van der Waals surface area (Å²) in [5.41, 5.74) is 5.89. The third-order valence-electron chi connectivity index (χ3n) is 6.22.